The fourth-order valence-corrected chi connectivity index (χ4v) is 2.77. The molecule has 2 nitrogen and oxygen atoms in total. The Bertz CT molecular complexity index is 780. The van der Waals surface area contributed by atoms with Gasteiger partial charge in [0.15, 0.2) is 0 Å². The molecule has 0 radical (unpaired) electrons. The van der Waals surface area contributed by atoms with E-state index in [1.807, 2.05) is 31.2 Å². The summed E-state index contributed by atoms with van der Waals surface area (Å²) in [6.07, 6.45) is 0.699. The lowest BCUT2D eigenvalue weighted by atomic mass is 10.2. The van der Waals surface area contributed by atoms with E-state index in [-0.39, 0.29) is 5.82 Å². The summed E-state index contributed by atoms with van der Waals surface area (Å²) in [5, 5.41) is 0. The Labute approximate surface area is 128 Å². The van der Waals surface area contributed by atoms with Crippen LogP contribution in [0.2, 0.25) is 0 Å². The summed E-state index contributed by atoms with van der Waals surface area (Å²) in [5.41, 5.74) is 4.13. The zero-order valence-electron chi connectivity index (χ0n) is 11.8. The lowest BCUT2D eigenvalue weighted by Gasteiger charge is -2.09. The summed E-state index contributed by atoms with van der Waals surface area (Å²) in [6.45, 7) is 2.65. The number of hydrogen-bond acceptors (Lipinski definition) is 1. The molecule has 1 heterocycles. The van der Waals surface area contributed by atoms with E-state index in [2.05, 4.69) is 4.57 Å². The van der Waals surface area contributed by atoms with Crippen LogP contribution < -0.4 is 0 Å². The van der Waals surface area contributed by atoms with Crippen LogP contribution in [0.25, 0.3) is 11.0 Å². The number of benzene rings is 2. The first-order valence-corrected chi connectivity index (χ1v) is 7.47. The fraction of sp³-hybridized carbons (Fsp3) is 0.235. The van der Waals surface area contributed by atoms with Gasteiger partial charge in [0, 0.05) is 18.8 Å². The number of aryl methyl sites for hydroxylation is 2. The van der Waals surface area contributed by atoms with Gasteiger partial charge in [-0.3, -0.25) is 0 Å². The van der Waals surface area contributed by atoms with Crippen LogP contribution in [-0.2, 0) is 13.0 Å². The normalized spacial score (nSPS) is 11.2. The second kappa shape index (κ2) is 5.86. The molecule has 0 aliphatic heterocycles. The number of alkyl halides is 1. The molecule has 0 amide bonds. The highest BCUT2D eigenvalue weighted by Gasteiger charge is 2.12. The Balaban J connectivity index is 2.11. The van der Waals surface area contributed by atoms with Crippen LogP contribution in [0.15, 0.2) is 42.5 Å². The molecule has 3 rings (SSSR count). The van der Waals surface area contributed by atoms with Crippen LogP contribution in [0.3, 0.4) is 0 Å². The molecule has 3 aromatic rings. The molecule has 0 bridgehead atoms. The van der Waals surface area contributed by atoms with Gasteiger partial charge in [-0.2, -0.15) is 0 Å². The maximum atomic E-state index is 13.4. The summed E-state index contributed by atoms with van der Waals surface area (Å²) >= 11 is 5.89. The largest absolute Gasteiger partial charge is 0.323 e. The van der Waals surface area contributed by atoms with Crippen molar-refractivity contribution in [3.63, 3.8) is 0 Å². The van der Waals surface area contributed by atoms with Crippen LogP contribution in [-0.4, -0.2) is 15.4 Å². The quantitative estimate of drug-likeness (QED) is 0.657. The molecule has 0 spiro atoms. The Hall–Kier alpha value is -1.87. The molecule has 0 N–H and O–H groups in total. The number of imidazole rings is 1. The predicted molar refractivity (Wildman–Crippen MR) is 84.4 cm³/mol. The minimum Gasteiger partial charge on any atom is -0.323 e. The van der Waals surface area contributed by atoms with Gasteiger partial charge in [0.25, 0.3) is 0 Å². The summed E-state index contributed by atoms with van der Waals surface area (Å²) in [6, 6.07) is 12.8. The van der Waals surface area contributed by atoms with Crippen LogP contribution in [0.1, 0.15) is 17.0 Å². The molecular weight excluding hydrogens is 287 g/mol. The van der Waals surface area contributed by atoms with Gasteiger partial charge in [0.05, 0.1) is 11.0 Å². The molecule has 0 saturated heterocycles. The van der Waals surface area contributed by atoms with Gasteiger partial charge in [-0.1, -0.05) is 24.3 Å². The summed E-state index contributed by atoms with van der Waals surface area (Å²) in [7, 11) is 0. The van der Waals surface area contributed by atoms with E-state index in [0.29, 0.717) is 18.8 Å². The molecular formula is C17H16ClFN2. The van der Waals surface area contributed by atoms with Crippen LogP contribution in [0.5, 0.6) is 0 Å². The lowest BCUT2D eigenvalue weighted by molar-refractivity contribution is 0.623. The van der Waals surface area contributed by atoms with Crippen molar-refractivity contribution in [3.8, 4) is 0 Å². The van der Waals surface area contributed by atoms with E-state index in [1.165, 1.54) is 6.07 Å². The van der Waals surface area contributed by atoms with E-state index in [9.17, 15) is 4.39 Å². The summed E-state index contributed by atoms with van der Waals surface area (Å²) in [5.74, 6) is 1.25. The van der Waals surface area contributed by atoms with Crippen molar-refractivity contribution in [1.29, 1.82) is 0 Å². The van der Waals surface area contributed by atoms with E-state index in [1.54, 1.807) is 12.1 Å². The average Bonchev–Trinajstić information content (AvgIpc) is 2.79. The van der Waals surface area contributed by atoms with E-state index in [4.69, 9.17) is 16.6 Å². The SMILES string of the molecule is Cc1cccc2c1nc(CCCl)n2Cc1cccc(F)c1. The van der Waals surface area contributed by atoms with Gasteiger partial charge in [0.2, 0.25) is 0 Å². The van der Waals surface area contributed by atoms with Crippen molar-refractivity contribution in [3.05, 3.63) is 65.2 Å². The highest BCUT2D eigenvalue weighted by atomic mass is 35.5. The highest BCUT2D eigenvalue weighted by molar-refractivity contribution is 6.17. The van der Waals surface area contributed by atoms with Crippen molar-refractivity contribution >= 4 is 22.6 Å². The third-order valence-corrected chi connectivity index (χ3v) is 3.80. The zero-order valence-corrected chi connectivity index (χ0v) is 12.6. The summed E-state index contributed by atoms with van der Waals surface area (Å²) < 4.78 is 15.5. The molecule has 0 saturated carbocycles. The smallest absolute Gasteiger partial charge is 0.123 e. The Morgan fingerprint density at radius 2 is 2.00 bits per heavy atom. The molecule has 0 aliphatic carbocycles. The first kappa shape index (κ1) is 14.1. The van der Waals surface area contributed by atoms with Crippen molar-refractivity contribution in [2.45, 2.75) is 19.9 Å². The van der Waals surface area contributed by atoms with Crippen molar-refractivity contribution in [2.75, 3.05) is 5.88 Å². The number of halogens is 2. The standard InChI is InChI=1S/C17H16ClFN2/c1-12-4-2-7-15-17(12)20-16(8-9-18)21(15)11-13-5-3-6-14(19)10-13/h2-7,10H,8-9,11H2,1H3. The van der Waals surface area contributed by atoms with Gasteiger partial charge in [0.1, 0.15) is 11.6 Å². The molecule has 4 heteroatoms. The highest BCUT2D eigenvalue weighted by Crippen LogP contribution is 2.22. The van der Waals surface area contributed by atoms with Gasteiger partial charge in [-0.15, -0.1) is 11.6 Å². The first-order chi connectivity index (χ1) is 10.2. The maximum Gasteiger partial charge on any atom is 0.123 e. The molecule has 2 aromatic carbocycles. The molecule has 0 unspecified atom stereocenters. The Kier molecular flexibility index (Phi) is 3.93. The van der Waals surface area contributed by atoms with Crippen molar-refractivity contribution < 1.29 is 4.39 Å². The topological polar surface area (TPSA) is 17.8 Å². The Morgan fingerprint density at radius 1 is 1.19 bits per heavy atom. The minimum absolute atomic E-state index is 0.216. The van der Waals surface area contributed by atoms with Crippen LogP contribution in [0, 0.1) is 12.7 Å². The second-order valence-electron chi connectivity index (χ2n) is 5.13. The zero-order chi connectivity index (χ0) is 14.8. The third kappa shape index (κ3) is 2.79. The van der Waals surface area contributed by atoms with Gasteiger partial charge < -0.3 is 4.57 Å². The predicted octanol–water partition coefficient (Wildman–Crippen LogP) is 4.31. The number of para-hydroxylation sites is 1. The van der Waals surface area contributed by atoms with Crippen molar-refractivity contribution in [2.24, 2.45) is 0 Å². The van der Waals surface area contributed by atoms with E-state index in [0.717, 1.165) is 28.0 Å². The lowest BCUT2D eigenvalue weighted by Crippen LogP contribution is -2.06. The summed E-state index contributed by atoms with van der Waals surface area (Å²) in [4.78, 5) is 4.71. The van der Waals surface area contributed by atoms with Crippen molar-refractivity contribution in [1.82, 2.24) is 9.55 Å². The van der Waals surface area contributed by atoms with Crippen LogP contribution in [0.4, 0.5) is 4.39 Å². The second-order valence-corrected chi connectivity index (χ2v) is 5.50. The molecule has 1 aromatic heterocycles. The molecule has 0 fully saturated rings. The fourth-order valence-electron chi connectivity index (χ4n) is 2.60. The number of aromatic nitrogens is 2. The van der Waals surface area contributed by atoms with E-state index < -0.39 is 0 Å². The number of fused-ring (bicyclic) bond motifs is 1. The monoisotopic (exact) mass is 302 g/mol. The average molecular weight is 303 g/mol. The number of nitrogens with zero attached hydrogens (tertiary/aromatic N) is 2. The number of rotatable bonds is 4. The van der Waals surface area contributed by atoms with Crippen LogP contribution >= 0.6 is 11.6 Å². The molecule has 0 atom stereocenters. The first-order valence-electron chi connectivity index (χ1n) is 6.94. The minimum atomic E-state index is -0.216. The Morgan fingerprint density at radius 3 is 2.76 bits per heavy atom. The molecule has 21 heavy (non-hydrogen) atoms. The van der Waals surface area contributed by atoms with Gasteiger partial charge >= 0.3 is 0 Å². The number of hydrogen-bond donors (Lipinski definition) is 0. The van der Waals surface area contributed by atoms with Gasteiger partial charge in [-0.25, -0.2) is 9.37 Å². The molecule has 0 aliphatic rings. The van der Waals surface area contributed by atoms with E-state index >= 15 is 0 Å². The van der Waals surface area contributed by atoms with Gasteiger partial charge in [-0.05, 0) is 36.2 Å². The molecule has 108 valence electrons. The maximum absolute atomic E-state index is 13.4. The third-order valence-electron chi connectivity index (χ3n) is 3.61.